The van der Waals surface area contributed by atoms with Crippen molar-refractivity contribution in [3.8, 4) is 5.75 Å². The first-order chi connectivity index (χ1) is 12.9. The summed E-state index contributed by atoms with van der Waals surface area (Å²) < 4.78 is 4.95. The number of amides is 2. The van der Waals surface area contributed by atoms with Crippen LogP contribution in [0.5, 0.6) is 5.75 Å². The Hall–Kier alpha value is -3.35. The minimum absolute atomic E-state index is 0.00273. The number of benzene rings is 2. The van der Waals surface area contributed by atoms with Crippen LogP contribution in [0.2, 0.25) is 0 Å². The van der Waals surface area contributed by atoms with Gasteiger partial charge in [-0.05, 0) is 49.2 Å². The lowest BCUT2D eigenvalue weighted by Gasteiger charge is -2.16. The molecule has 0 unspecified atom stereocenters. The minimum Gasteiger partial charge on any atom is -0.507 e. The van der Waals surface area contributed by atoms with E-state index in [9.17, 15) is 19.5 Å². The number of aromatic hydroxyl groups is 1. The third-order valence-electron chi connectivity index (χ3n) is 4.22. The van der Waals surface area contributed by atoms with E-state index >= 15 is 0 Å². The third-order valence-corrected chi connectivity index (χ3v) is 4.22. The molecule has 0 saturated carbocycles. The van der Waals surface area contributed by atoms with Gasteiger partial charge in [-0.1, -0.05) is 12.1 Å². The molecule has 0 radical (unpaired) electrons. The number of rotatable bonds is 5. The average molecular weight is 368 g/mol. The van der Waals surface area contributed by atoms with Crippen molar-refractivity contribution in [2.45, 2.75) is 19.8 Å². The first-order valence-electron chi connectivity index (χ1n) is 8.61. The van der Waals surface area contributed by atoms with Crippen LogP contribution >= 0.6 is 0 Å². The maximum Gasteiger partial charge on any atom is 0.342 e. The molecule has 7 heteroatoms. The molecule has 0 bridgehead atoms. The minimum atomic E-state index is -0.779. The van der Waals surface area contributed by atoms with Gasteiger partial charge >= 0.3 is 5.97 Å². The largest absolute Gasteiger partial charge is 0.507 e. The summed E-state index contributed by atoms with van der Waals surface area (Å²) in [5, 5.41) is 12.4. The van der Waals surface area contributed by atoms with Crippen molar-refractivity contribution in [2.24, 2.45) is 0 Å². The summed E-state index contributed by atoms with van der Waals surface area (Å²) in [6, 6.07) is 11.5. The molecule has 1 heterocycles. The number of carbonyl (C=O) groups is 3. The lowest BCUT2D eigenvalue weighted by Crippen LogP contribution is -2.24. The number of carbonyl (C=O) groups excluding carboxylic acids is 3. The number of anilines is 2. The lowest BCUT2D eigenvalue weighted by atomic mass is 10.1. The fourth-order valence-electron chi connectivity index (χ4n) is 2.89. The Balaban J connectivity index is 1.58. The summed E-state index contributed by atoms with van der Waals surface area (Å²) in [7, 11) is 0. The summed E-state index contributed by atoms with van der Waals surface area (Å²) in [6.45, 7) is 1.96. The Morgan fingerprint density at radius 1 is 1.22 bits per heavy atom. The molecule has 1 aliphatic heterocycles. The number of aryl methyl sites for hydroxylation is 1. The number of phenolic OH excluding ortho intramolecular Hbond substituents is 1. The van der Waals surface area contributed by atoms with Crippen LogP contribution in [-0.4, -0.2) is 36.0 Å². The number of nitrogens with zero attached hydrogens (tertiary/aromatic N) is 1. The highest BCUT2D eigenvalue weighted by atomic mass is 16.5. The van der Waals surface area contributed by atoms with Gasteiger partial charge in [0.15, 0.2) is 6.61 Å². The molecule has 0 spiro atoms. The van der Waals surface area contributed by atoms with Gasteiger partial charge in [-0.15, -0.1) is 0 Å². The maximum absolute atomic E-state index is 12.1. The second kappa shape index (κ2) is 7.90. The topological polar surface area (TPSA) is 95.9 Å². The Morgan fingerprint density at radius 2 is 2.04 bits per heavy atom. The predicted octanol–water partition coefficient (Wildman–Crippen LogP) is 2.62. The average Bonchev–Trinajstić information content (AvgIpc) is 3.06. The van der Waals surface area contributed by atoms with Crippen molar-refractivity contribution in [2.75, 3.05) is 23.4 Å². The van der Waals surface area contributed by atoms with Crippen LogP contribution in [0.15, 0.2) is 42.5 Å². The molecule has 2 aromatic rings. The first kappa shape index (κ1) is 18.4. The fourth-order valence-corrected chi connectivity index (χ4v) is 2.89. The zero-order valence-corrected chi connectivity index (χ0v) is 14.9. The second-order valence-electron chi connectivity index (χ2n) is 6.34. The molecule has 2 N–H and O–H groups in total. The molecule has 2 amide bonds. The number of hydrogen-bond donors (Lipinski definition) is 2. The molecular weight excluding hydrogens is 348 g/mol. The molecule has 1 saturated heterocycles. The van der Waals surface area contributed by atoms with Crippen LogP contribution in [0, 0.1) is 6.92 Å². The van der Waals surface area contributed by atoms with Gasteiger partial charge in [0, 0.05) is 24.3 Å². The number of nitrogens with one attached hydrogen (secondary N) is 1. The van der Waals surface area contributed by atoms with Gasteiger partial charge in [0.05, 0.1) is 0 Å². The van der Waals surface area contributed by atoms with Crippen LogP contribution in [0.3, 0.4) is 0 Å². The highest BCUT2D eigenvalue weighted by molar-refractivity contribution is 5.98. The van der Waals surface area contributed by atoms with Gasteiger partial charge in [-0.2, -0.15) is 0 Å². The molecule has 27 heavy (non-hydrogen) atoms. The molecule has 0 atom stereocenters. The molecule has 1 aliphatic rings. The summed E-state index contributed by atoms with van der Waals surface area (Å²) in [6.07, 6.45) is 1.34. The van der Waals surface area contributed by atoms with Gasteiger partial charge in [-0.3, -0.25) is 9.59 Å². The van der Waals surface area contributed by atoms with Crippen molar-refractivity contribution in [3.63, 3.8) is 0 Å². The van der Waals surface area contributed by atoms with E-state index in [1.165, 1.54) is 12.1 Å². The smallest absolute Gasteiger partial charge is 0.342 e. The Kier molecular flexibility index (Phi) is 5.40. The van der Waals surface area contributed by atoms with Gasteiger partial charge in [0.1, 0.15) is 11.3 Å². The van der Waals surface area contributed by atoms with E-state index in [-0.39, 0.29) is 17.2 Å². The molecule has 0 aliphatic carbocycles. The molecule has 3 rings (SSSR count). The van der Waals surface area contributed by atoms with Crippen molar-refractivity contribution >= 4 is 29.2 Å². The van der Waals surface area contributed by atoms with Gasteiger partial charge < -0.3 is 20.1 Å². The number of ether oxygens (including phenoxy) is 1. The van der Waals surface area contributed by atoms with Gasteiger partial charge in [0.2, 0.25) is 5.91 Å². The van der Waals surface area contributed by atoms with E-state index in [0.717, 1.165) is 17.7 Å². The quantitative estimate of drug-likeness (QED) is 0.791. The molecular formula is C20H20N2O5. The molecule has 1 fully saturated rings. The summed E-state index contributed by atoms with van der Waals surface area (Å²) in [5.41, 5.74) is 2.03. The molecule has 140 valence electrons. The van der Waals surface area contributed by atoms with E-state index in [0.29, 0.717) is 18.7 Å². The third kappa shape index (κ3) is 4.44. The molecule has 2 aromatic carbocycles. The van der Waals surface area contributed by atoms with E-state index in [1.54, 1.807) is 42.2 Å². The highest BCUT2D eigenvalue weighted by Gasteiger charge is 2.22. The fraction of sp³-hybridized carbons (Fsp3) is 0.250. The van der Waals surface area contributed by atoms with Crippen LogP contribution < -0.4 is 10.2 Å². The van der Waals surface area contributed by atoms with Crippen molar-refractivity contribution in [3.05, 3.63) is 53.6 Å². The van der Waals surface area contributed by atoms with E-state index < -0.39 is 18.5 Å². The van der Waals surface area contributed by atoms with Gasteiger partial charge in [0.25, 0.3) is 5.91 Å². The van der Waals surface area contributed by atoms with E-state index in [2.05, 4.69) is 5.32 Å². The molecule has 0 aromatic heterocycles. The van der Waals surface area contributed by atoms with Gasteiger partial charge in [-0.25, -0.2) is 4.79 Å². The Bertz CT molecular complexity index is 894. The van der Waals surface area contributed by atoms with Crippen LogP contribution in [0.25, 0.3) is 0 Å². The number of phenols is 1. The van der Waals surface area contributed by atoms with Crippen LogP contribution in [0.1, 0.15) is 28.8 Å². The second-order valence-corrected chi connectivity index (χ2v) is 6.34. The number of hydrogen-bond acceptors (Lipinski definition) is 5. The monoisotopic (exact) mass is 368 g/mol. The SMILES string of the molecule is Cc1ccc(C(=O)OCC(=O)Nc2cccc(N3CCCC3=O)c2)c(O)c1. The Morgan fingerprint density at radius 3 is 2.74 bits per heavy atom. The summed E-state index contributed by atoms with van der Waals surface area (Å²) in [5.74, 6) is -1.42. The first-order valence-corrected chi connectivity index (χ1v) is 8.61. The summed E-state index contributed by atoms with van der Waals surface area (Å²) >= 11 is 0. The highest BCUT2D eigenvalue weighted by Crippen LogP contribution is 2.24. The van der Waals surface area contributed by atoms with Crippen molar-refractivity contribution in [1.82, 2.24) is 0 Å². The van der Waals surface area contributed by atoms with E-state index in [4.69, 9.17) is 4.74 Å². The van der Waals surface area contributed by atoms with Crippen molar-refractivity contribution in [1.29, 1.82) is 0 Å². The van der Waals surface area contributed by atoms with E-state index in [1.807, 2.05) is 0 Å². The Labute approximate surface area is 156 Å². The zero-order chi connectivity index (χ0) is 19.4. The normalized spacial score (nSPS) is 13.5. The lowest BCUT2D eigenvalue weighted by molar-refractivity contribution is -0.119. The standard InChI is InChI=1S/C20H20N2O5/c1-13-7-8-16(17(23)10-13)20(26)27-12-18(24)21-14-4-2-5-15(11-14)22-9-3-6-19(22)25/h2,4-5,7-8,10-11,23H,3,6,9,12H2,1H3,(H,21,24). The maximum atomic E-state index is 12.1. The number of esters is 1. The zero-order valence-electron chi connectivity index (χ0n) is 14.9. The molecule has 7 nitrogen and oxygen atoms in total. The predicted molar refractivity (Wildman–Crippen MR) is 99.8 cm³/mol. The van der Waals surface area contributed by atoms with Crippen LogP contribution in [0.4, 0.5) is 11.4 Å². The van der Waals surface area contributed by atoms with Crippen molar-refractivity contribution < 1.29 is 24.2 Å². The summed E-state index contributed by atoms with van der Waals surface area (Å²) in [4.78, 5) is 37.6. The van der Waals surface area contributed by atoms with Crippen LogP contribution in [-0.2, 0) is 14.3 Å².